The molecule has 0 heterocycles. The molecule has 0 aliphatic heterocycles. The first-order chi connectivity index (χ1) is 9.61. The molecular weight excluding hydrogens is 293 g/mol. The van der Waals surface area contributed by atoms with Gasteiger partial charge in [-0.1, -0.05) is 68.3 Å². The lowest BCUT2D eigenvalue weighted by molar-refractivity contribution is 0.132. The highest BCUT2D eigenvalue weighted by atomic mass is 35.5. The molecule has 0 saturated heterocycles. The predicted octanol–water partition coefficient (Wildman–Crippen LogP) is 4.76. The van der Waals surface area contributed by atoms with Gasteiger partial charge in [-0.05, 0) is 24.1 Å². The summed E-state index contributed by atoms with van der Waals surface area (Å²) in [6.07, 6.45) is 6.13. The molecule has 0 fully saturated rings. The molecular formula is C16H25Cl2NO. The van der Waals surface area contributed by atoms with Gasteiger partial charge in [0.25, 0.3) is 0 Å². The SMILES string of the molecule is CCCCCCCC(O)C(CN)c1c(Cl)cccc1Cl. The normalized spacial score (nSPS) is 14.2. The molecule has 114 valence electrons. The zero-order valence-corrected chi connectivity index (χ0v) is 13.6. The van der Waals surface area contributed by atoms with Crippen LogP contribution in [0.2, 0.25) is 10.0 Å². The first-order valence-corrected chi connectivity index (χ1v) is 8.19. The summed E-state index contributed by atoms with van der Waals surface area (Å²) < 4.78 is 0. The summed E-state index contributed by atoms with van der Waals surface area (Å²) >= 11 is 12.4. The summed E-state index contributed by atoms with van der Waals surface area (Å²) in [7, 11) is 0. The lowest BCUT2D eigenvalue weighted by atomic mass is 9.90. The van der Waals surface area contributed by atoms with E-state index in [1.54, 1.807) is 18.2 Å². The Labute approximate surface area is 132 Å². The second-order valence-electron chi connectivity index (χ2n) is 5.25. The van der Waals surface area contributed by atoms with Crippen molar-refractivity contribution in [2.24, 2.45) is 5.73 Å². The maximum atomic E-state index is 10.4. The number of hydrogen-bond donors (Lipinski definition) is 2. The molecule has 0 spiro atoms. The molecule has 4 heteroatoms. The van der Waals surface area contributed by atoms with Crippen LogP contribution < -0.4 is 5.73 Å². The number of rotatable bonds is 9. The molecule has 0 amide bonds. The number of unbranched alkanes of at least 4 members (excludes halogenated alkanes) is 4. The van der Waals surface area contributed by atoms with Gasteiger partial charge in [0, 0.05) is 22.5 Å². The van der Waals surface area contributed by atoms with Gasteiger partial charge in [-0.25, -0.2) is 0 Å². The lowest BCUT2D eigenvalue weighted by Gasteiger charge is -2.24. The van der Waals surface area contributed by atoms with Crippen molar-refractivity contribution in [1.29, 1.82) is 0 Å². The maximum absolute atomic E-state index is 10.4. The van der Waals surface area contributed by atoms with E-state index in [4.69, 9.17) is 28.9 Å². The monoisotopic (exact) mass is 317 g/mol. The van der Waals surface area contributed by atoms with Gasteiger partial charge in [0.05, 0.1) is 6.10 Å². The topological polar surface area (TPSA) is 46.2 Å². The smallest absolute Gasteiger partial charge is 0.0621 e. The number of halogens is 2. The van der Waals surface area contributed by atoms with Crippen LogP contribution in [0.4, 0.5) is 0 Å². The largest absolute Gasteiger partial charge is 0.392 e. The van der Waals surface area contributed by atoms with Crippen molar-refractivity contribution in [2.45, 2.75) is 57.5 Å². The van der Waals surface area contributed by atoms with Gasteiger partial charge in [0.15, 0.2) is 0 Å². The van der Waals surface area contributed by atoms with Gasteiger partial charge in [0.2, 0.25) is 0 Å². The molecule has 1 aromatic rings. The van der Waals surface area contributed by atoms with E-state index >= 15 is 0 Å². The minimum atomic E-state index is -0.487. The molecule has 1 rings (SSSR count). The summed E-state index contributed by atoms with van der Waals surface area (Å²) in [5.41, 5.74) is 6.60. The van der Waals surface area contributed by atoms with Gasteiger partial charge in [-0.15, -0.1) is 0 Å². The van der Waals surface area contributed by atoms with Crippen LogP contribution in [0, 0.1) is 0 Å². The van der Waals surface area contributed by atoms with E-state index in [9.17, 15) is 5.11 Å². The standard InChI is InChI=1S/C16H25Cl2NO/c1-2-3-4-5-6-10-15(20)12(11-19)16-13(17)8-7-9-14(16)18/h7-9,12,15,20H,2-6,10-11,19H2,1H3. The Morgan fingerprint density at radius 3 is 2.25 bits per heavy atom. The van der Waals surface area contributed by atoms with Gasteiger partial charge < -0.3 is 10.8 Å². The second-order valence-corrected chi connectivity index (χ2v) is 6.06. The second kappa shape index (κ2) is 9.62. The maximum Gasteiger partial charge on any atom is 0.0621 e. The van der Waals surface area contributed by atoms with E-state index in [0.29, 0.717) is 16.6 Å². The van der Waals surface area contributed by atoms with Crippen LogP contribution in [-0.4, -0.2) is 17.8 Å². The van der Waals surface area contributed by atoms with Crippen molar-refractivity contribution in [3.63, 3.8) is 0 Å². The molecule has 2 unspecified atom stereocenters. The molecule has 0 aromatic heterocycles. The van der Waals surface area contributed by atoms with Gasteiger partial charge in [-0.2, -0.15) is 0 Å². The molecule has 0 aliphatic rings. The molecule has 0 saturated carbocycles. The zero-order chi connectivity index (χ0) is 15.0. The van der Waals surface area contributed by atoms with E-state index in [1.807, 2.05) is 0 Å². The van der Waals surface area contributed by atoms with Crippen LogP contribution in [0.1, 0.15) is 56.9 Å². The third kappa shape index (κ3) is 5.25. The summed E-state index contributed by atoms with van der Waals surface area (Å²) in [5.74, 6) is -0.192. The minimum Gasteiger partial charge on any atom is -0.392 e. The fourth-order valence-corrected chi connectivity index (χ4v) is 3.17. The highest BCUT2D eigenvalue weighted by Gasteiger charge is 2.23. The van der Waals surface area contributed by atoms with Crippen molar-refractivity contribution >= 4 is 23.2 Å². The Kier molecular flexibility index (Phi) is 8.55. The first-order valence-electron chi connectivity index (χ1n) is 7.43. The van der Waals surface area contributed by atoms with Crippen molar-refractivity contribution in [3.05, 3.63) is 33.8 Å². The number of aliphatic hydroxyl groups excluding tert-OH is 1. The van der Waals surface area contributed by atoms with Crippen LogP contribution in [0.5, 0.6) is 0 Å². The van der Waals surface area contributed by atoms with E-state index in [1.165, 1.54) is 19.3 Å². The average Bonchev–Trinajstić information content (AvgIpc) is 2.42. The average molecular weight is 318 g/mol. The molecule has 3 N–H and O–H groups in total. The Morgan fingerprint density at radius 1 is 1.10 bits per heavy atom. The van der Waals surface area contributed by atoms with Crippen LogP contribution >= 0.6 is 23.2 Å². The molecule has 1 aromatic carbocycles. The number of nitrogens with two attached hydrogens (primary N) is 1. The minimum absolute atomic E-state index is 0.192. The van der Waals surface area contributed by atoms with Crippen molar-refractivity contribution in [3.8, 4) is 0 Å². The summed E-state index contributed by atoms with van der Waals surface area (Å²) in [6, 6.07) is 5.39. The van der Waals surface area contributed by atoms with Crippen LogP contribution in [0.15, 0.2) is 18.2 Å². The fourth-order valence-electron chi connectivity index (χ4n) is 2.49. The van der Waals surface area contributed by atoms with Gasteiger partial charge in [0.1, 0.15) is 0 Å². The highest BCUT2D eigenvalue weighted by molar-refractivity contribution is 6.36. The molecule has 20 heavy (non-hydrogen) atoms. The molecule has 0 aliphatic carbocycles. The highest BCUT2D eigenvalue weighted by Crippen LogP contribution is 2.34. The Hall–Kier alpha value is -0.280. The van der Waals surface area contributed by atoms with E-state index in [-0.39, 0.29) is 5.92 Å². The summed E-state index contributed by atoms with van der Waals surface area (Å²) in [5, 5.41) is 11.5. The molecule has 0 bridgehead atoms. The molecule has 2 atom stereocenters. The van der Waals surface area contributed by atoms with E-state index in [0.717, 1.165) is 24.8 Å². The fraction of sp³-hybridized carbons (Fsp3) is 0.625. The zero-order valence-electron chi connectivity index (χ0n) is 12.1. The predicted molar refractivity (Wildman–Crippen MR) is 87.6 cm³/mol. The van der Waals surface area contributed by atoms with Crippen molar-refractivity contribution in [2.75, 3.05) is 6.54 Å². The van der Waals surface area contributed by atoms with Gasteiger partial charge >= 0.3 is 0 Å². The summed E-state index contributed by atoms with van der Waals surface area (Å²) in [4.78, 5) is 0. The van der Waals surface area contributed by atoms with Crippen LogP contribution in [0.3, 0.4) is 0 Å². The number of aliphatic hydroxyl groups is 1. The Bertz CT molecular complexity index is 378. The van der Waals surface area contributed by atoms with Gasteiger partial charge in [-0.3, -0.25) is 0 Å². The third-order valence-corrected chi connectivity index (χ3v) is 4.35. The van der Waals surface area contributed by atoms with E-state index in [2.05, 4.69) is 6.92 Å². The van der Waals surface area contributed by atoms with Crippen LogP contribution in [0.25, 0.3) is 0 Å². The molecule has 0 radical (unpaired) electrons. The van der Waals surface area contributed by atoms with Crippen molar-refractivity contribution < 1.29 is 5.11 Å². The number of hydrogen-bond acceptors (Lipinski definition) is 2. The Morgan fingerprint density at radius 2 is 1.70 bits per heavy atom. The van der Waals surface area contributed by atoms with Crippen LogP contribution in [-0.2, 0) is 0 Å². The number of benzene rings is 1. The lowest BCUT2D eigenvalue weighted by Crippen LogP contribution is -2.26. The quantitative estimate of drug-likeness (QED) is 0.645. The molecule has 2 nitrogen and oxygen atoms in total. The third-order valence-electron chi connectivity index (χ3n) is 3.69. The van der Waals surface area contributed by atoms with E-state index < -0.39 is 6.10 Å². The summed E-state index contributed by atoms with van der Waals surface area (Å²) in [6.45, 7) is 2.54. The Balaban J connectivity index is 2.61. The first kappa shape index (κ1) is 17.8. The van der Waals surface area contributed by atoms with Crippen molar-refractivity contribution in [1.82, 2.24) is 0 Å².